The number of methoxy groups -OCH3 is 2. The van der Waals surface area contributed by atoms with Crippen LogP contribution in [0.1, 0.15) is 10.5 Å². The fourth-order valence-electron chi connectivity index (χ4n) is 2.24. The van der Waals surface area contributed by atoms with Crippen molar-refractivity contribution in [3.05, 3.63) is 35.5 Å². The molecular formula is C16H15N3O4S2. The Hall–Kier alpha value is -2.52. The van der Waals surface area contributed by atoms with Gasteiger partial charge in [-0.2, -0.15) is 0 Å². The first-order valence-electron chi connectivity index (χ1n) is 7.21. The van der Waals surface area contributed by atoms with Crippen molar-refractivity contribution >= 4 is 45.9 Å². The number of carbonyl (C=O) groups is 2. The van der Waals surface area contributed by atoms with Crippen molar-refractivity contribution in [1.82, 2.24) is 9.38 Å². The predicted octanol–water partition coefficient (Wildman–Crippen LogP) is 2.96. The molecule has 3 rings (SSSR count). The maximum absolute atomic E-state index is 12.2. The lowest BCUT2D eigenvalue weighted by Crippen LogP contribution is -2.14. The summed E-state index contributed by atoms with van der Waals surface area (Å²) in [6.45, 7) is 0. The SMILES string of the molecule is COc1ccc(NC(=O)CSc2nc3sccn3c2C=O)cc1OC. The predicted molar refractivity (Wildman–Crippen MR) is 97.4 cm³/mol. The van der Waals surface area contributed by atoms with Crippen molar-refractivity contribution in [2.24, 2.45) is 0 Å². The van der Waals surface area contributed by atoms with Gasteiger partial charge in [0.1, 0.15) is 10.7 Å². The van der Waals surface area contributed by atoms with Gasteiger partial charge in [0.05, 0.1) is 20.0 Å². The molecule has 7 nitrogen and oxygen atoms in total. The Labute approximate surface area is 152 Å². The number of thiazole rings is 1. The van der Waals surface area contributed by atoms with E-state index in [0.29, 0.717) is 27.9 Å². The number of benzene rings is 1. The van der Waals surface area contributed by atoms with Crippen molar-refractivity contribution in [2.75, 3.05) is 25.3 Å². The zero-order valence-electron chi connectivity index (χ0n) is 13.5. The van der Waals surface area contributed by atoms with Crippen LogP contribution in [0.3, 0.4) is 0 Å². The van der Waals surface area contributed by atoms with Gasteiger partial charge < -0.3 is 14.8 Å². The minimum absolute atomic E-state index is 0.139. The Morgan fingerprint density at radius 1 is 1.36 bits per heavy atom. The minimum atomic E-state index is -0.203. The Bertz CT molecular complexity index is 919. The number of rotatable bonds is 7. The third-order valence-electron chi connectivity index (χ3n) is 3.38. The van der Waals surface area contributed by atoms with Crippen molar-refractivity contribution in [3.63, 3.8) is 0 Å². The first kappa shape index (κ1) is 17.3. The number of hydrogen-bond acceptors (Lipinski definition) is 7. The van der Waals surface area contributed by atoms with Crippen LogP contribution >= 0.6 is 23.1 Å². The third-order valence-corrected chi connectivity index (χ3v) is 5.12. The molecule has 1 N–H and O–H groups in total. The summed E-state index contributed by atoms with van der Waals surface area (Å²) in [6, 6.07) is 5.13. The first-order valence-corrected chi connectivity index (χ1v) is 9.08. The smallest absolute Gasteiger partial charge is 0.234 e. The third kappa shape index (κ3) is 3.62. The number of carbonyl (C=O) groups excluding carboxylic acids is 2. The normalized spacial score (nSPS) is 10.6. The highest BCUT2D eigenvalue weighted by atomic mass is 32.2. The molecule has 0 aliphatic carbocycles. The second-order valence-corrected chi connectivity index (χ2v) is 6.72. The molecule has 1 aromatic carbocycles. The maximum Gasteiger partial charge on any atom is 0.234 e. The van der Waals surface area contributed by atoms with Gasteiger partial charge in [0, 0.05) is 23.3 Å². The highest BCUT2D eigenvalue weighted by Crippen LogP contribution is 2.30. The summed E-state index contributed by atoms with van der Waals surface area (Å²) in [5.74, 6) is 1.06. The van der Waals surface area contributed by atoms with Crippen LogP contribution in [0, 0.1) is 0 Å². The number of thioether (sulfide) groups is 1. The second kappa shape index (κ2) is 7.58. The zero-order chi connectivity index (χ0) is 17.8. The van der Waals surface area contributed by atoms with Crippen LogP contribution in [-0.2, 0) is 4.79 Å². The van der Waals surface area contributed by atoms with Crippen LogP contribution < -0.4 is 14.8 Å². The average molecular weight is 377 g/mol. The topological polar surface area (TPSA) is 81.9 Å². The van der Waals surface area contributed by atoms with E-state index >= 15 is 0 Å². The first-order chi connectivity index (χ1) is 12.2. The zero-order valence-corrected chi connectivity index (χ0v) is 15.1. The number of aldehydes is 1. The van der Waals surface area contributed by atoms with Crippen molar-refractivity contribution < 1.29 is 19.1 Å². The molecule has 0 radical (unpaired) electrons. The van der Waals surface area contributed by atoms with E-state index in [-0.39, 0.29) is 11.7 Å². The number of hydrogen-bond donors (Lipinski definition) is 1. The van der Waals surface area contributed by atoms with E-state index in [4.69, 9.17) is 9.47 Å². The molecule has 0 atom stereocenters. The van der Waals surface area contributed by atoms with Gasteiger partial charge in [-0.3, -0.25) is 14.0 Å². The van der Waals surface area contributed by atoms with Gasteiger partial charge in [0.15, 0.2) is 22.7 Å². The van der Waals surface area contributed by atoms with Crippen molar-refractivity contribution in [1.29, 1.82) is 0 Å². The lowest BCUT2D eigenvalue weighted by Gasteiger charge is -2.10. The van der Waals surface area contributed by atoms with E-state index in [9.17, 15) is 9.59 Å². The van der Waals surface area contributed by atoms with E-state index in [1.165, 1.54) is 30.2 Å². The molecule has 0 aliphatic heterocycles. The molecule has 0 aliphatic rings. The summed E-state index contributed by atoms with van der Waals surface area (Å²) in [5.41, 5.74) is 1.06. The number of imidazole rings is 1. The number of nitrogens with zero attached hydrogens (tertiary/aromatic N) is 2. The molecule has 0 fully saturated rings. The summed E-state index contributed by atoms with van der Waals surface area (Å²) in [4.78, 5) is 28.5. The van der Waals surface area contributed by atoms with Gasteiger partial charge in [0.2, 0.25) is 5.91 Å². The van der Waals surface area contributed by atoms with Crippen LogP contribution in [0.2, 0.25) is 0 Å². The second-order valence-electron chi connectivity index (χ2n) is 4.88. The molecule has 130 valence electrons. The Morgan fingerprint density at radius 2 is 2.16 bits per heavy atom. The van der Waals surface area contributed by atoms with Crippen LogP contribution in [0.25, 0.3) is 4.96 Å². The van der Waals surface area contributed by atoms with Crippen LogP contribution in [0.4, 0.5) is 5.69 Å². The molecule has 0 saturated heterocycles. The molecular weight excluding hydrogens is 362 g/mol. The number of nitrogens with one attached hydrogen (secondary N) is 1. The van der Waals surface area contributed by atoms with Crippen LogP contribution in [0.5, 0.6) is 11.5 Å². The molecule has 2 heterocycles. The lowest BCUT2D eigenvalue weighted by atomic mass is 10.2. The highest BCUT2D eigenvalue weighted by molar-refractivity contribution is 8.00. The van der Waals surface area contributed by atoms with Gasteiger partial charge in [0.25, 0.3) is 0 Å². The number of anilines is 1. The fourth-order valence-corrected chi connectivity index (χ4v) is 3.81. The summed E-state index contributed by atoms with van der Waals surface area (Å²) in [7, 11) is 3.08. The highest BCUT2D eigenvalue weighted by Gasteiger charge is 2.15. The summed E-state index contributed by atoms with van der Waals surface area (Å²) < 4.78 is 12.1. The standard InChI is InChI=1S/C16H15N3O4S2/c1-22-12-4-3-10(7-13(12)23-2)17-14(21)9-25-15-11(8-20)19-5-6-24-16(19)18-15/h3-8H,9H2,1-2H3,(H,17,21). The van der Waals surface area contributed by atoms with Gasteiger partial charge in [-0.1, -0.05) is 11.8 Å². The van der Waals surface area contributed by atoms with Gasteiger partial charge >= 0.3 is 0 Å². The van der Waals surface area contributed by atoms with E-state index in [1.807, 2.05) is 5.38 Å². The minimum Gasteiger partial charge on any atom is -0.493 e. The molecule has 25 heavy (non-hydrogen) atoms. The average Bonchev–Trinajstić information content (AvgIpc) is 3.20. The van der Waals surface area contributed by atoms with Crippen LogP contribution in [0.15, 0.2) is 34.8 Å². The summed E-state index contributed by atoms with van der Waals surface area (Å²) in [6.07, 6.45) is 2.53. The van der Waals surface area contributed by atoms with Gasteiger partial charge in [-0.15, -0.1) is 11.3 Å². The molecule has 0 saturated carbocycles. The molecule has 9 heteroatoms. The number of aromatic nitrogens is 2. The van der Waals surface area contributed by atoms with E-state index in [2.05, 4.69) is 10.3 Å². The Kier molecular flexibility index (Phi) is 5.25. The quantitative estimate of drug-likeness (QED) is 0.504. The van der Waals surface area contributed by atoms with Crippen molar-refractivity contribution in [3.8, 4) is 11.5 Å². The molecule has 2 aromatic heterocycles. The molecule has 0 unspecified atom stereocenters. The summed E-state index contributed by atoms with van der Waals surface area (Å²) >= 11 is 2.66. The van der Waals surface area contributed by atoms with E-state index in [0.717, 1.165) is 11.2 Å². The molecule has 0 spiro atoms. The number of amides is 1. The monoisotopic (exact) mass is 377 g/mol. The van der Waals surface area contributed by atoms with Crippen molar-refractivity contribution in [2.45, 2.75) is 5.03 Å². The number of fused-ring (bicyclic) bond motifs is 1. The molecule has 0 bridgehead atoms. The van der Waals surface area contributed by atoms with E-state index in [1.54, 1.807) is 35.9 Å². The molecule has 1 amide bonds. The largest absolute Gasteiger partial charge is 0.493 e. The maximum atomic E-state index is 12.2. The fraction of sp³-hybridized carbons (Fsp3) is 0.188. The molecule has 3 aromatic rings. The Balaban J connectivity index is 1.66. The summed E-state index contributed by atoms with van der Waals surface area (Å²) in [5, 5.41) is 5.19. The Morgan fingerprint density at radius 3 is 2.88 bits per heavy atom. The van der Waals surface area contributed by atoms with Crippen LogP contribution in [-0.4, -0.2) is 41.6 Å². The van der Waals surface area contributed by atoms with Gasteiger partial charge in [-0.05, 0) is 12.1 Å². The number of ether oxygens (including phenoxy) is 2. The van der Waals surface area contributed by atoms with E-state index < -0.39 is 0 Å². The lowest BCUT2D eigenvalue weighted by molar-refractivity contribution is -0.113. The van der Waals surface area contributed by atoms with Gasteiger partial charge in [-0.25, -0.2) is 4.98 Å².